The van der Waals surface area contributed by atoms with E-state index in [1.165, 1.54) is 0 Å². The molecule has 0 fully saturated rings. The number of aromatic nitrogens is 1. The van der Waals surface area contributed by atoms with Gasteiger partial charge in [-0.25, -0.2) is 4.98 Å². The van der Waals surface area contributed by atoms with E-state index in [1.54, 1.807) is 23.3 Å². The minimum absolute atomic E-state index is 0.230. The predicted molar refractivity (Wildman–Crippen MR) is 78.6 cm³/mol. The van der Waals surface area contributed by atoms with Gasteiger partial charge in [-0.2, -0.15) is 0 Å². The molecule has 0 unspecified atom stereocenters. The van der Waals surface area contributed by atoms with Crippen molar-refractivity contribution in [3.05, 3.63) is 23.9 Å². The standard InChI is InChI=1S/C12H17N7O2/c1-7-16-17-12(18-19(7)2)15-10-4-3-8(6-14-10)5-9(13)11(20)21/h3-4,6,9H,5,13H2,1-2H3,(H,20,21)(H2,14,15,17,18)/t9-/m0/s1. The first-order chi connectivity index (χ1) is 9.95. The minimum atomic E-state index is -1.03. The third-order valence-electron chi connectivity index (χ3n) is 2.90. The highest BCUT2D eigenvalue weighted by atomic mass is 16.4. The lowest BCUT2D eigenvalue weighted by Gasteiger charge is -2.24. The molecular formula is C12H17N7O2. The van der Waals surface area contributed by atoms with E-state index in [0.717, 1.165) is 11.4 Å². The third kappa shape index (κ3) is 3.89. The molecule has 2 rings (SSSR count). The fourth-order valence-electron chi connectivity index (χ4n) is 1.59. The van der Waals surface area contributed by atoms with Gasteiger partial charge in [-0.05, 0) is 25.0 Å². The van der Waals surface area contributed by atoms with Gasteiger partial charge < -0.3 is 16.2 Å². The molecule has 1 aromatic rings. The van der Waals surface area contributed by atoms with E-state index in [2.05, 4.69) is 25.9 Å². The molecule has 0 saturated carbocycles. The molecule has 1 aromatic heterocycles. The average molecular weight is 291 g/mol. The quantitative estimate of drug-likeness (QED) is 0.593. The van der Waals surface area contributed by atoms with Gasteiger partial charge in [-0.15, -0.1) is 10.2 Å². The van der Waals surface area contributed by atoms with Crippen LogP contribution in [0.3, 0.4) is 0 Å². The van der Waals surface area contributed by atoms with Crippen LogP contribution < -0.4 is 16.5 Å². The molecule has 1 aliphatic rings. The molecule has 0 aliphatic carbocycles. The molecule has 9 heteroatoms. The number of hydrogen-bond acceptors (Lipinski definition) is 8. The molecule has 0 radical (unpaired) electrons. The predicted octanol–water partition coefficient (Wildman–Crippen LogP) is -0.413. The van der Waals surface area contributed by atoms with Crippen molar-refractivity contribution in [2.45, 2.75) is 19.4 Å². The van der Waals surface area contributed by atoms with Crippen LogP contribution >= 0.6 is 0 Å². The number of hydrogen-bond donors (Lipinski definition) is 4. The highest BCUT2D eigenvalue weighted by molar-refractivity contribution is 5.96. The summed E-state index contributed by atoms with van der Waals surface area (Å²) in [4.78, 5) is 14.9. The Kier molecular flexibility index (Phi) is 4.33. The van der Waals surface area contributed by atoms with Crippen LogP contribution in [-0.2, 0) is 11.2 Å². The van der Waals surface area contributed by atoms with Crippen molar-refractivity contribution in [3.8, 4) is 0 Å². The maximum absolute atomic E-state index is 10.7. The van der Waals surface area contributed by atoms with Crippen molar-refractivity contribution in [2.75, 3.05) is 12.4 Å². The zero-order chi connectivity index (χ0) is 15.4. The van der Waals surface area contributed by atoms with Gasteiger partial charge in [-0.3, -0.25) is 15.2 Å². The van der Waals surface area contributed by atoms with Crippen LogP contribution in [0.25, 0.3) is 0 Å². The Hall–Kier alpha value is -2.68. The van der Waals surface area contributed by atoms with Crippen molar-refractivity contribution in [3.63, 3.8) is 0 Å². The molecule has 9 nitrogen and oxygen atoms in total. The third-order valence-corrected chi connectivity index (χ3v) is 2.90. The summed E-state index contributed by atoms with van der Waals surface area (Å²) in [5.74, 6) is 0.725. The van der Waals surface area contributed by atoms with Gasteiger partial charge in [-0.1, -0.05) is 6.07 Å². The number of anilines is 1. The van der Waals surface area contributed by atoms with Crippen molar-refractivity contribution < 1.29 is 9.90 Å². The van der Waals surface area contributed by atoms with Crippen molar-refractivity contribution in [1.29, 1.82) is 0 Å². The van der Waals surface area contributed by atoms with Gasteiger partial charge in [0.25, 0.3) is 0 Å². The van der Waals surface area contributed by atoms with Gasteiger partial charge in [0, 0.05) is 13.2 Å². The van der Waals surface area contributed by atoms with Gasteiger partial charge in [0.15, 0.2) is 0 Å². The minimum Gasteiger partial charge on any atom is -0.480 e. The summed E-state index contributed by atoms with van der Waals surface area (Å²) < 4.78 is 0. The van der Waals surface area contributed by atoms with Crippen LogP contribution in [0.4, 0.5) is 5.82 Å². The molecule has 112 valence electrons. The second-order valence-electron chi connectivity index (χ2n) is 4.59. The highest BCUT2D eigenvalue weighted by Gasteiger charge is 2.13. The normalized spacial score (nSPS) is 15.7. The van der Waals surface area contributed by atoms with Crippen LogP contribution in [0.15, 0.2) is 28.5 Å². The van der Waals surface area contributed by atoms with E-state index in [0.29, 0.717) is 11.8 Å². The van der Waals surface area contributed by atoms with E-state index < -0.39 is 12.0 Å². The van der Waals surface area contributed by atoms with Gasteiger partial charge in [0.05, 0.1) is 0 Å². The lowest BCUT2D eigenvalue weighted by Crippen LogP contribution is -2.47. The number of rotatable bonds is 4. The summed E-state index contributed by atoms with van der Waals surface area (Å²) in [6, 6.07) is 2.56. The fourth-order valence-corrected chi connectivity index (χ4v) is 1.59. The monoisotopic (exact) mass is 291 g/mol. The maximum atomic E-state index is 10.7. The first-order valence-electron chi connectivity index (χ1n) is 6.28. The summed E-state index contributed by atoms with van der Waals surface area (Å²) in [5.41, 5.74) is 9.20. The van der Waals surface area contributed by atoms with Crippen LogP contribution in [0.2, 0.25) is 0 Å². The molecule has 1 aliphatic heterocycles. The van der Waals surface area contributed by atoms with Crippen molar-refractivity contribution in [1.82, 2.24) is 15.4 Å². The molecule has 0 aromatic carbocycles. The Bertz CT molecular complexity index is 582. The first-order valence-corrected chi connectivity index (χ1v) is 6.28. The number of pyridine rings is 1. The van der Waals surface area contributed by atoms with Crippen LogP contribution in [-0.4, -0.2) is 46.0 Å². The van der Waals surface area contributed by atoms with E-state index >= 15 is 0 Å². The maximum Gasteiger partial charge on any atom is 0.320 e. The van der Waals surface area contributed by atoms with Gasteiger partial charge in [0.2, 0.25) is 5.96 Å². The highest BCUT2D eigenvalue weighted by Crippen LogP contribution is 2.07. The van der Waals surface area contributed by atoms with Crippen LogP contribution in [0.5, 0.6) is 0 Å². The number of carboxylic acid groups (broad SMARTS) is 1. The summed E-state index contributed by atoms with van der Waals surface area (Å²) in [6.07, 6.45) is 1.81. The average Bonchev–Trinajstić information content (AvgIpc) is 2.45. The Balaban J connectivity index is 1.98. The summed E-state index contributed by atoms with van der Waals surface area (Å²) in [6.45, 7) is 1.83. The molecule has 0 bridgehead atoms. The summed E-state index contributed by atoms with van der Waals surface area (Å²) in [5, 5.41) is 21.4. The number of guanidine groups is 1. The lowest BCUT2D eigenvalue weighted by molar-refractivity contribution is -0.138. The van der Waals surface area contributed by atoms with E-state index in [-0.39, 0.29) is 6.42 Å². The number of carboxylic acids is 1. The number of amidine groups is 1. The SMILES string of the molecule is CC1=NN=C(Nc2ccc(C[C@H](N)C(=O)O)cn2)NN1C. The van der Waals surface area contributed by atoms with Crippen molar-refractivity contribution >= 4 is 23.6 Å². The molecule has 5 N–H and O–H groups in total. The Labute approximate surface area is 121 Å². The van der Waals surface area contributed by atoms with E-state index in [1.807, 2.05) is 14.0 Å². The number of carbonyl (C=O) groups is 1. The Morgan fingerprint density at radius 1 is 1.52 bits per heavy atom. The number of aliphatic carboxylic acids is 1. The molecule has 1 atom stereocenters. The fraction of sp³-hybridized carbons (Fsp3) is 0.333. The number of hydrazine groups is 1. The molecule has 21 heavy (non-hydrogen) atoms. The van der Waals surface area contributed by atoms with E-state index in [9.17, 15) is 4.79 Å². The topological polar surface area (TPSA) is 128 Å². The molecule has 0 saturated heterocycles. The number of nitrogens with two attached hydrogens (primary N) is 1. The summed E-state index contributed by atoms with van der Waals surface area (Å²) in [7, 11) is 1.82. The van der Waals surface area contributed by atoms with Crippen LogP contribution in [0, 0.1) is 0 Å². The lowest BCUT2D eigenvalue weighted by atomic mass is 10.1. The Morgan fingerprint density at radius 3 is 2.86 bits per heavy atom. The summed E-state index contributed by atoms with van der Waals surface area (Å²) >= 11 is 0. The second kappa shape index (κ2) is 6.18. The Morgan fingerprint density at radius 2 is 2.29 bits per heavy atom. The molecular weight excluding hydrogens is 274 g/mol. The molecule has 2 heterocycles. The number of nitrogens with one attached hydrogen (secondary N) is 2. The van der Waals surface area contributed by atoms with Crippen LogP contribution in [0.1, 0.15) is 12.5 Å². The van der Waals surface area contributed by atoms with Crippen molar-refractivity contribution in [2.24, 2.45) is 15.9 Å². The zero-order valence-corrected chi connectivity index (χ0v) is 11.7. The van der Waals surface area contributed by atoms with Gasteiger partial charge in [0.1, 0.15) is 17.7 Å². The zero-order valence-electron chi connectivity index (χ0n) is 11.7. The number of nitrogens with zero attached hydrogens (tertiary/aromatic N) is 4. The van der Waals surface area contributed by atoms with Gasteiger partial charge >= 0.3 is 5.97 Å². The second-order valence-corrected chi connectivity index (χ2v) is 4.59. The molecule has 0 amide bonds. The first kappa shape index (κ1) is 14.7. The van der Waals surface area contributed by atoms with E-state index in [4.69, 9.17) is 10.8 Å². The smallest absolute Gasteiger partial charge is 0.320 e. The molecule has 0 spiro atoms. The largest absolute Gasteiger partial charge is 0.480 e.